The molecule has 74 heavy (non-hydrogen) atoms. The number of carboxylic acids is 1. The zero-order valence-corrected chi connectivity index (χ0v) is 44.9. The lowest BCUT2D eigenvalue weighted by Crippen LogP contribution is -2.60. The molecular formula is C52H70ClN5O15S. The number of likely N-dealkylation sites (N-methyl/N-ethyl adjacent to an activating group) is 1. The van der Waals surface area contributed by atoms with E-state index < -0.39 is 107 Å². The third-order valence-electron chi connectivity index (χ3n) is 15.2. The Morgan fingerprint density at radius 2 is 1.72 bits per heavy atom. The molecule has 1 aromatic carbocycles. The highest BCUT2D eigenvalue weighted by Gasteiger charge is 2.64. The fourth-order valence-electron chi connectivity index (χ4n) is 10.0. The summed E-state index contributed by atoms with van der Waals surface area (Å²) in [5.74, 6) is -6.04. The van der Waals surface area contributed by atoms with E-state index in [-0.39, 0.29) is 68.6 Å². The Kier molecular flexibility index (Phi) is 19.2. The Morgan fingerprint density at radius 3 is 2.38 bits per heavy atom. The van der Waals surface area contributed by atoms with Gasteiger partial charge in [0.25, 0.3) is 11.8 Å². The smallest absolute Gasteiger partial charge is 0.409 e. The number of hydroxylamine groups is 2. The van der Waals surface area contributed by atoms with Gasteiger partial charge < -0.3 is 39.5 Å². The molecule has 1 aromatic rings. The van der Waals surface area contributed by atoms with E-state index in [1.165, 1.54) is 23.8 Å². The number of Topliss-reactive ketones (excluding diaryl/α,β-unsaturated/α-hetero) is 1. The molecule has 1 aliphatic carbocycles. The van der Waals surface area contributed by atoms with E-state index in [4.69, 9.17) is 30.6 Å². The number of imide groups is 1. The van der Waals surface area contributed by atoms with E-state index in [9.17, 15) is 53.4 Å². The molecule has 3 saturated heterocycles. The summed E-state index contributed by atoms with van der Waals surface area (Å²) in [6.45, 7) is 10.4. The molecule has 4 bridgehead atoms. The summed E-state index contributed by atoms with van der Waals surface area (Å²) < 4.78 is 18.1. The fourth-order valence-corrected chi connectivity index (χ4v) is 11.3. The number of carbonyl (C=O) groups is 9. The van der Waals surface area contributed by atoms with E-state index in [0.717, 1.165) is 28.5 Å². The van der Waals surface area contributed by atoms with E-state index in [2.05, 4.69) is 10.6 Å². The van der Waals surface area contributed by atoms with Gasteiger partial charge in [-0.25, -0.2) is 9.59 Å². The van der Waals surface area contributed by atoms with Crippen molar-refractivity contribution in [1.29, 1.82) is 0 Å². The number of hydrogen-bond acceptors (Lipinski definition) is 15. The molecule has 5 aliphatic rings. The van der Waals surface area contributed by atoms with Gasteiger partial charge in [-0.05, 0) is 82.9 Å². The lowest BCUT2D eigenvalue weighted by atomic mass is 9.80. The Balaban J connectivity index is 1.07. The maximum atomic E-state index is 14.3. The number of esters is 1. The number of hydrogen-bond donors (Lipinski definition) is 4. The monoisotopic (exact) mass is 1070 g/mol. The molecular weight excluding hydrogens is 1000 g/mol. The van der Waals surface area contributed by atoms with Crippen molar-refractivity contribution in [3.8, 4) is 0 Å². The maximum absolute atomic E-state index is 14.3. The molecule has 20 nitrogen and oxygen atoms in total. The molecule has 4 N–H and O–H groups in total. The quantitative estimate of drug-likeness (QED) is 0.0967. The van der Waals surface area contributed by atoms with Gasteiger partial charge in [0.05, 0.1) is 34.9 Å². The molecule has 4 aliphatic heterocycles. The number of nitrogens with zero attached hydrogens (tertiary/aromatic N) is 3. The fraction of sp³-hybridized carbons (Fsp3) is 0.635. The first-order chi connectivity index (χ1) is 34.8. The normalized spacial score (nSPS) is 30.4. The van der Waals surface area contributed by atoms with Crippen LogP contribution in [0.1, 0.15) is 110 Å². The second kappa shape index (κ2) is 24.5. The van der Waals surface area contributed by atoms with Gasteiger partial charge in [-0.2, -0.15) is 5.06 Å². The Hall–Kier alpha value is -5.35. The van der Waals surface area contributed by atoms with Gasteiger partial charge in [-0.15, -0.1) is 11.8 Å². The van der Waals surface area contributed by atoms with Crippen LogP contribution in [0.5, 0.6) is 0 Å². The molecule has 6 rings (SSSR count). The van der Waals surface area contributed by atoms with Crippen molar-refractivity contribution < 1.29 is 72.4 Å². The first-order valence-electron chi connectivity index (χ1n) is 25.2. The van der Waals surface area contributed by atoms with Crippen LogP contribution in [0.3, 0.4) is 0 Å². The summed E-state index contributed by atoms with van der Waals surface area (Å²) in [5.41, 5.74) is 0.0864. The molecule has 9 atom stereocenters. The Morgan fingerprint density at radius 1 is 1.04 bits per heavy atom. The standard InChI is InChI=1S/C52H70ClN5O15S/c1-28-10-9-11-30(3)52(69)25-38(71-50(68)55-52)31(4)47-51(6,73-47)40(24-44(63)57(8)36-22-34(20-28)21-29(2)46(36)53)72-49(67)32(5)56(7)41(60)18-19-74-39(23-45(64)65)48(66)54-26-33-12-14-35(15-13-33)37(59)27-70-58-42(61)16-17-43(58)62/h9-11,21-22,30-33,35,38-40,47,69H,12-20,23-27H2,1-8H3,(H,54,66)(H,55,68)(H,64,65)/b11-9+,28-10+. The van der Waals surface area contributed by atoms with Crippen molar-refractivity contribution in [1.82, 2.24) is 20.6 Å². The van der Waals surface area contributed by atoms with Crippen LogP contribution in [0.25, 0.3) is 0 Å². The topological polar surface area (TPSA) is 268 Å². The van der Waals surface area contributed by atoms with Crippen molar-refractivity contribution in [2.45, 2.75) is 153 Å². The third-order valence-corrected chi connectivity index (χ3v) is 16.9. The number of epoxide rings is 1. The van der Waals surface area contributed by atoms with Crippen molar-refractivity contribution in [2.24, 2.45) is 23.7 Å². The van der Waals surface area contributed by atoms with Crippen LogP contribution in [0.15, 0.2) is 35.9 Å². The Labute approximate surface area is 440 Å². The highest BCUT2D eigenvalue weighted by atomic mass is 35.5. The highest BCUT2D eigenvalue weighted by Crippen LogP contribution is 2.49. The van der Waals surface area contributed by atoms with Crippen molar-refractivity contribution in [2.75, 3.05) is 37.9 Å². The number of ether oxygens (including phenoxy) is 3. The molecule has 0 aromatic heterocycles. The molecule has 4 heterocycles. The van der Waals surface area contributed by atoms with Crippen LogP contribution in [0.4, 0.5) is 10.5 Å². The molecule has 0 spiro atoms. The minimum atomic E-state index is -1.67. The predicted molar refractivity (Wildman–Crippen MR) is 271 cm³/mol. The number of benzene rings is 1. The van der Waals surface area contributed by atoms with Crippen molar-refractivity contribution in [3.63, 3.8) is 0 Å². The van der Waals surface area contributed by atoms with E-state index in [1.807, 2.05) is 38.1 Å². The number of ketones is 1. The average Bonchev–Trinajstić information content (AvgIpc) is 3.95. The summed E-state index contributed by atoms with van der Waals surface area (Å²) in [6.07, 6.45) is 3.79. The van der Waals surface area contributed by atoms with Gasteiger partial charge in [0.2, 0.25) is 17.7 Å². The summed E-state index contributed by atoms with van der Waals surface area (Å²) in [4.78, 5) is 124. The molecule has 6 amide bonds. The number of fused-ring (bicyclic) bond motifs is 5. The number of aryl methyl sites for hydroxylation is 1. The minimum absolute atomic E-state index is 0.00400. The summed E-state index contributed by atoms with van der Waals surface area (Å²) in [5, 5.41) is 26.8. The number of amides is 6. The van der Waals surface area contributed by atoms with Crippen LogP contribution in [0.2, 0.25) is 5.02 Å². The number of aliphatic hydroxyl groups is 1. The summed E-state index contributed by atoms with van der Waals surface area (Å²) in [6, 6.07) is 2.59. The van der Waals surface area contributed by atoms with Crippen LogP contribution in [-0.4, -0.2) is 147 Å². The third kappa shape index (κ3) is 14.1. The SMILES string of the molecule is C/C1=C\C=C\C(C)C2(O)CC(OC(=O)N2)C(C)C2OC2(C)C(OC(=O)C(C)N(C)C(=O)CCSC(CC(=O)O)C(=O)NCC2CCC(C(=O)CON3C(=O)CCC3=O)CC2)CC(=O)N(C)c2cc(cc(C)c2Cl)C1. The first kappa shape index (κ1) is 57.9. The van der Waals surface area contributed by atoms with Gasteiger partial charge in [0, 0.05) is 69.8 Å². The number of carboxylic acid groups (broad SMARTS) is 1. The second-order valence-corrected chi connectivity index (χ2v) is 22.3. The first-order valence-corrected chi connectivity index (χ1v) is 26.6. The van der Waals surface area contributed by atoms with Gasteiger partial charge in [-0.3, -0.25) is 43.7 Å². The number of anilines is 1. The number of thioether (sulfide) groups is 1. The van der Waals surface area contributed by atoms with Gasteiger partial charge in [0.15, 0.2) is 5.78 Å². The van der Waals surface area contributed by atoms with E-state index >= 15 is 0 Å². The zero-order chi connectivity index (χ0) is 54.4. The number of aliphatic carboxylic acids is 1. The lowest BCUT2D eigenvalue weighted by molar-refractivity contribution is -0.189. The predicted octanol–water partition coefficient (Wildman–Crippen LogP) is 4.97. The van der Waals surface area contributed by atoms with E-state index in [0.29, 0.717) is 47.9 Å². The van der Waals surface area contributed by atoms with E-state index in [1.54, 1.807) is 33.9 Å². The van der Waals surface area contributed by atoms with Crippen molar-refractivity contribution in [3.05, 3.63) is 52.1 Å². The highest BCUT2D eigenvalue weighted by molar-refractivity contribution is 8.00. The number of nitrogens with one attached hydrogen (secondary N) is 2. The molecule has 406 valence electrons. The Bertz CT molecular complexity index is 2410. The van der Waals surface area contributed by atoms with Crippen LogP contribution in [-0.2, 0) is 63.8 Å². The number of halogens is 1. The molecule has 1 saturated carbocycles. The van der Waals surface area contributed by atoms with Crippen LogP contribution in [0, 0.1) is 30.6 Å². The summed E-state index contributed by atoms with van der Waals surface area (Å²) >= 11 is 7.81. The number of rotatable bonds is 16. The van der Waals surface area contributed by atoms with Gasteiger partial charge in [-0.1, -0.05) is 55.3 Å². The largest absolute Gasteiger partial charge is 0.481 e. The molecule has 0 radical (unpaired) electrons. The van der Waals surface area contributed by atoms with Crippen LogP contribution < -0.4 is 15.5 Å². The molecule has 22 heteroatoms. The van der Waals surface area contributed by atoms with Crippen LogP contribution >= 0.6 is 23.4 Å². The summed E-state index contributed by atoms with van der Waals surface area (Å²) in [7, 11) is 2.99. The lowest BCUT2D eigenvalue weighted by Gasteiger charge is -2.41. The molecule has 9 unspecified atom stereocenters. The van der Waals surface area contributed by atoms with Crippen molar-refractivity contribution >= 4 is 82.4 Å². The zero-order valence-electron chi connectivity index (χ0n) is 43.3. The van der Waals surface area contributed by atoms with Gasteiger partial charge >= 0.3 is 18.0 Å². The average molecular weight is 1070 g/mol. The number of alkyl carbamates (subject to hydrolysis) is 1. The number of carbonyl (C=O) groups excluding carboxylic acids is 8. The molecule has 4 fully saturated rings. The second-order valence-electron chi connectivity index (χ2n) is 20.6. The maximum Gasteiger partial charge on any atom is 0.409 e. The number of allylic oxidation sites excluding steroid dienone is 3. The van der Waals surface area contributed by atoms with Gasteiger partial charge in [0.1, 0.15) is 36.2 Å². The minimum Gasteiger partial charge on any atom is -0.481 e.